The van der Waals surface area contributed by atoms with Gasteiger partial charge in [-0.05, 0) is 42.7 Å². The molecule has 29 heavy (non-hydrogen) atoms. The Labute approximate surface area is 188 Å². The number of thiocarbonyl (C=S) groups is 1. The molecular formula is C22H21BrN2O2S2. The second kappa shape index (κ2) is 10.7. The van der Waals surface area contributed by atoms with Crippen molar-refractivity contribution in [3.8, 4) is 0 Å². The summed E-state index contributed by atoms with van der Waals surface area (Å²) in [5, 5.41) is 2.89. The molecule has 0 atom stereocenters. The molecule has 1 N–H and O–H groups in total. The summed E-state index contributed by atoms with van der Waals surface area (Å²) in [6.07, 6.45) is 4.79. The molecule has 0 bridgehead atoms. The molecule has 7 heteroatoms. The largest absolute Gasteiger partial charge is 0.326 e. The van der Waals surface area contributed by atoms with Crippen molar-refractivity contribution in [3.05, 3.63) is 69.5 Å². The zero-order valence-corrected chi connectivity index (χ0v) is 19.0. The van der Waals surface area contributed by atoms with E-state index in [1.165, 1.54) is 11.8 Å². The Balaban J connectivity index is 1.40. The van der Waals surface area contributed by atoms with Gasteiger partial charge in [-0.25, -0.2) is 0 Å². The number of carbonyl (C=O) groups is 2. The highest BCUT2D eigenvalue weighted by atomic mass is 79.9. The molecule has 0 aliphatic carbocycles. The summed E-state index contributed by atoms with van der Waals surface area (Å²) >= 11 is 10.1. The van der Waals surface area contributed by atoms with Gasteiger partial charge in [0.25, 0.3) is 5.91 Å². The number of amides is 2. The first-order chi connectivity index (χ1) is 14.0. The first kappa shape index (κ1) is 21.7. The zero-order valence-electron chi connectivity index (χ0n) is 15.8. The van der Waals surface area contributed by atoms with Crippen molar-refractivity contribution in [1.82, 2.24) is 4.90 Å². The van der Waals surface area contributed by atoms with Gasteiger partial charge in [0.15, 0.2) is 0 Å². The molecule has 150 valence electrons. The number of rotatable bonds is 8. The van der Waals surface area contributed by atoms with Crippen molar-refractivity contribution in [2.45, 2.75) is 25.7 Å². The third-order valence-corrected chi connectivity index (χ3v) is 6.24. The van der Waals surface area contributed by atoms with Gasteiger partial charge in [-0.1, -0.05) is 82.7 Å². The number of halogens is 1. The summed E-state index contributed by atoms with van der Waals surface area (Å²) in [4.78, 5) is 27.0. The van der Waals surface area contributed by atoms with Crippen LogP contribution in [-0.4, -0.2) is 27.6 Å². The van der Waals surface area contributed by atoms with E-state index in [0.717, 1.165) is 35.0 Å². The molecule has 1 saturated heterocycles. The second-order valence-corrected chi connectivity index (χ2v) is 9.20. The van der Waals surface area contributed by atoms with E-state index in [-0.39, 0.29) is 11.8 Å². The van der Waals surface area contributed by atoms with E-state index in [2.05, 4.69) is 21.2 Å². The van der Waals surface area contributed by atoms with Crippen molar-refractivity contribution in [1.29, 1.82) is 0 Å². The van der Waals surface area contributed by atoms with Crippen molar-refractivity contribution >= 4 is 67.8 Å². The number of benzene rings is 2. The molecule has 3 rings (SSSR count). The maximum atomic E-state index is 12.6. The minimum Gasteiger partial charge on any atom is -0.326 e. The SMILES string of the molecule is O=C(CCCCCN1C(=O)C(=Cc2ccccc2)SC1=S)Nc1cccc(Br)c1. The quantitative estimate of drug-likeness (QED) is 0.287. The average Bonchev–Trinajstić information content (AvgIpc) is 2.95. The molecule has 1 aliphatic heterocycles. The van der Waals surface area contributed by atoms with Crippen LogP contribution in [-0.2, 0) is 9.59 Å². The van der Waals surface area contributed by atoms with Crippen LogP contribution in [0.15, 0.2) is 64.0 Å². The Bertz CT molecular complexity index is 931. The van der Waals surface area contributed by atoms with Gasteiger partial charge in [0.2, 0.25) is 5.91 Å². The van der Waals surface area contributed by atoms with Crippen LogP contribution >= 0.6 is 39.9 Å². The fourth-order valence-corrected chi connectivity index (χ4v) is 4.62. The minimum atomic E-state index is -0.0312. The first-order valence-corrected chi connectivity index (χ1v) is 11.4. The van der Waals surface area contributed by atoms with Crippen molar-refractivity contribution in [2.24, 2.45) is 0 Å². The van der Waals surface area contributed by atoms with E-state index < -0.39 is 0 Å². The van der Waals surface area contributed by atoms with Crippen molar-refractivity contribution in [3.63, 3.8) is 0 Å². The summed E-state index contributed by atoms with van der Waals surface area (Å²) < 4.78 is 1.53. The van der Waals surface area contributed by atoms with Gasteiger partial charge in [0, 0.05) is 23.1 Å². The highest BCUT2D eigenvalue weighted by molar-refractivity contribution is 9.10. The summed E-state index contributed by atoms with van der Waals surface area (Å²) in [5.74, 6) is -0.0317. The van der Waals surface area contributed by atoms with E-state index in [1.807, 2.05) is 60.7 Å². The normalized spacial score (nSPS) is 15.2. The monoisotopic (exact) mass is 488 g/mol. The molecule has 2 aromatic carbocycles. The summed E-state index contributed by atoms with van der Waals surface area (Å²) in [5.41, 5.74) is 1.77. The third-order valence-electron chi connectivity index (χ3n) is 4.36. The lowest BCUT2D eigenvalue weighted by atomic mass is 10.1. The van der Waals surface area contributed by atoms with Crippen LogP contribution in [0, 0.1) is 0 Å². The van der Waals surface area contributed by atoms with Crippen molar-refractivity contribution in [2.75, 3.05) is 11.9 Å². The van der Waals surface area contributed by atoms with Gasteiger partial charge in [-0.3, -0.25) is 14.5 Å². The molecule has 0 unspecified atom stereocenters. The van der Waals surface area contributed by atoms with E-state index >= 15 is 0 Å². The highest BCUT2D eigenvalue weighted by Gasteiger charge is 2.31. The van der Waals surface area contributed by atoms with E-state index in [0.29, 0.717) is 22.2 Å². The molecule has 0 radical (unpaired) electrons. The van der Waals surface area contributed by atoms with Gasteiger partial charge in [-0.15, -0.1) is 0 Å². The Morgan fingerprint density at radius 3 is 2.66 bits per heavy atom. The van der Waals surface area contributed by atoms with Crippen LogP contribution in [0.5, 0.6) is 0 Å². The molecular weight excluding hydrogens is 468 g/mol. The average molecular weight is 489 g/mol. The van der Waals surface area contributed by atoms with Crippen LogP contribution in [0.2, 0.25) is 0 Å². The fraction of sp³-hybridized carbons (Fsp3) is 0.227. The van der Waals surface area contributed by atoms with Gasteiger partial charge in [0.05, 0.1) is 4.91 Å². The lowest BCUT2D eigenvalue weighted by Gasteiger charge is -2.14. The standard InChI is InChI=1S/C22H21BrN2O2S2/c23-17-10-7-11-18(15-17)24-20(26)12-5-2-6-13-25-21(27)19(29-22(25)28)14-16-8-3-1-4-9-16/h1,3-4,7-11,14-15H,2,5-6,12-13H2,(H,24,26). The molecule has 2 aromatic rings. The number of thioether (sulfide) groups is 1. The fourth-order valence-electron chi connectivity index (χ4n) is 2.92. The van der Waals surface area contributed by atoms with Gasteiger partial charge in [0.1, 0.15) is 4.32 Å². The number of hydrogen-bond donors (Lipinski definition) is 1. The number of unbranched alkanes of at least 4 members (excludes halogenated alkanes) is 2. The molecule has 0 spiro atoms. The number of anilines is 1. The number of nitrogens with one attached hydrogen (secondary N) is 1. The molecule has 0 aromatic heterocycles. The maximum Gasteiger partial charge on any atom is 0.266 e. The van der Waals surface area contributed by atoms with Crippen LogP contribution in [0.1, 0.15) is 31.2 Å². The minimum absolute atomic E-state index is 0.000457. The molecule has 2 amide bonds. The topological polar surface area (TPSA) is 49.4 Å². The Morgan fingerprint density at radius 1 is 1.10 bits per heavy atom. The van der Waals surface area contributed by atoms with Gasteiger partial charge < -0.3 is 5.32 Å². The molecule has 1 heterocycles. The highest BCUT2D eigenvalue weighted by Crippen LogP contribution is 2.32. The first-order valence-electron chi connectivity index (χ1n) is 9.39. The maximum absolute atomic E-state index is 12.6. The van der Waals surface area contributed by atoms with Crippen LogP contribution in [0.25, 0.3) is 6.08 Å². The second-order valence-electron chi connectivity index (χ2n) is 6.61. The van der Waals surface area contributed by atoms with Crippen LogP contribution in [0.3, 0.4) is 0 Å². The third kappa shape index (κ3) is 6.52. The van der Waals surface area contributed by atoms with E-state index in [9.17, 15) is 9.59 Å². The summed E-state index contributed by atoms with van der Waals surface area (Å²) in [6.45, 7) is 0.587. The molecule has 1 aliphatic rings. The van der Waals surface area contributed by atoms with E-state index in [1.54, 1.807) is 4.90 Å². The van der Waals surface area contributed by atoms with Gasteiger partial charge >= 0.3 is 0 Å². The molecule has 4 nitrogen and oxygen atoms in total. The summed E-state index contributed by atoms with van der Waals surface area (Å²) in [6, 6.07) is 17.3. The van der Waals surface area contributed by atoms with Crippen LogP contribution < -0.4 is 5.32 Å². The predicted octanol–water partition coefficient (Wildman–Crippen LogP) is 5.85. The van der Waals surface area contributed by atoms with Gasteiger partial charge in [-0.2, -0.15) is 0 Å². The zero-order chi connectivity index (χ0) is 20.6. The number of carbonyl (C=O) groups excluding carboxylic acids is 2. The Morgan fingerprint density at radius 2 is 1.90 bits per heavy atom. The Hall–Kier alpha value is -1.96. The molecule has 1 fully saturated rings. The van der Waals surface area contributed by atoms with Crippen molar-refractivity contribution < 1.29 is 9.59 Å². The molecule has 0 saturated carbocycles. The smallest absolute Gasteiger partial charge is 0.266 e. The lowest BCUT2D eigenvalue weighted by Crippen LogP contribution is -2.29. The predicted molar refractivity (Wildman–Crippen MR) is 128 cm³/mol. The van der Waals surface area contributed by atoms with E-state index in [4.69, 9.17) is 12.2 Å². The van der Waals surface area contributed by atoms with Crippen LogP contribution in [0.4, 0.5) is 5.69 Å². The Kier molecular flexibility index (Phi) is 8.03. The lowest BCUT2D eigenvalue weighted by molar-refractivity contribution is -0.122. The number of hydrogen-bond acceptors (Lipinski definition) is 4. The number of nitrogens with zero attached hydrogens (tertiary/aromatic N) is 1. The summed E-state index contributed by atoms with van der Waals surface area (Å²) in [7, 11) is 0.